The van der Waals surface area contributed by atoms with Crippen molar-refractivity contribution in [1.29, 1.82) is 0 Å². The zero-order valence-corrected chi connectivity index (χ0v) is 21.4. The molecule has 11 heteroatoms. The number of anilines is 2. The standard InChI is InChI=1S/C25H30F2N4O4S/c1-4-13-36(34,35)30-16-23(31(25(30)33)21-8-7-19(26)15-20(21)27)24(32)29-11-9-28(10-12-29)22-14-17(2)5-6-18(22)3/h5-8,14-15,23H,4,9-13,16H2,1-3H3/t23-/m0/s1. The third-order valence-corrected chi connectivity index (χ3v) is 8.52. The minimum atomic E-state index is -4.01. The van der Waals surface area contributed by atoms with Crippen molar-refractivity contribution in [2.75, 3.05) is 48.3 Å². The summed E-state index contributed by atoms with van der Waals surface area (Å²) in [5.74, 6) is -2.64. The van der Waals surface area contributed by atoms with Crippen LogP contribution in [0.5, 0.6) is 0 Å². The topological polar surface area (TPSA) is 81.2 Å². The minimum Gasteiger partial charge on any atom is -0.368 e. The Morgan fingerprint density at radius 3 is 2.33 bits per heavy atom. The molecule has 0 bridgehead atoms. The first-order chi connectivity index (χ1) is 17.0. The molecule has 0 saturated carbocycles. The second-order valence-electron chi connectivity index (χ2n) is 9.21. The monoisotopic (exact) mass is 520 g/mol. The molecule has 2 heterocycles. The smallest absolute Gasteiger partial charge is 0.339 e. The van der Waals surface area contributed by atoms with E-state index in [0.29, 0.717) is 36.6 Å². The van der Waals surface area contributed by atoms with Gasteiger partial charge in [0.2, 0.25) is 15.9 Å². The molecule has 2 aliphatic rings. The van der Waals surface area contributed by atoms with Crippen molar-refractivity contribution < 1.29 is 26.8 Å². The number of aryl methyl sites for hydroxylation is 2. The summed E-state index contributed by atoms with van der Waals surface area (Å²) in [6, 6.07) is 6.55. The van der Waals surface area contributed by atoms with Gasteiger partial charge in [-0.2, -0.15) is 0 Å². The molecule has 0 unspecified atom stereocenters. The highest BCUT2D eigenvalue weighted by molar-refractivity contribution is 7.89. The van der Waals surface area contributed by atoms with Crippen LogP contribution in [0.2, 0.25) is 0 Å². The van der Waals surface area contributed by atoms with Gasteiger partial charge in [0, 0.05) is 37.9 Å². The molecule has 1 atom stereocenters. The molecule has 0 N–H and O–H groups in total. The third-order valence-electron chi connectivity index (χ3n) is 6.62. The predicted molar refractivity (Wildman–Crippen MR) is 134 cm³/mol. The summed E-state index contributed by atoms with van der Waals surface area (Å²) in [7, 11) is -4.01. The average molecular weight is 521 g/mol. The molecule has 0 aliphatic carbocycles. The number of nitrogens with zero attached hydrogens (tertiary/aromatic N) is 4. The molecule has 36 heavy (non-hydrogen) atoms. The van der Waals surface area contributed by atoms with Crippen molar-refractivity contribution >= 4 is 33.3 Å². The molecule has 0 spiro atoms. The summed E-state index contributed by atoms with van der Waals surface area (Å²) in [5.41, 5.74) is 3.01. The predicted octanol–water partition coefficient (Wildman–Crippen LogP) is 3.28. The number of carbonyl (C=O) groups is 2. The lowest BCUT2D eigenvalue weighted by Gasteiger charge is -2.38. The summed E-state index contributed by atoms with van der Waals surface area (Å²) in [6.07, 6.45) is 0.274. The molecular weight excluding hydrogens is 490 g/mol. The fraction of sp³-hybridized carbons (Fsp3) is 0.440. The number of halogens is 2. The van der Waals surface area contributed by atoms with Crippen LogP contribution in [0.15, 0.2) is 36.4 Å². The number of benzene rings is 2. The normalized spacial score (nSPS) is 18.8. The van der Waals surface area contributed by atoms with Gasteiger partial charge in [-0.1, -0.05) is 19.1 Å². The summed E-state index contributed by atoms with van der Waals surface area (Å²) in [5, 5.41) is 0. The van der Waals surface area contributed by atoms with E-state index in [1.54, 1.807) is 11.8 Å². The van der Waals surface area contributed by atoms with Crippen molar-refractivity contribution in [3.8, 4) is 0 Å². The number of amides is 3. The van der Waals surface area contributed by atoms with E-state index in [9.17, 15) is 26.8 Å². The Morgan fingerprint density at radius 2 is 1.69 bits per heavy atom. The van der Waals surface area contributed by atoms with Crippen molar-refractivity contribution in [2.45, 2.75) is 33.2 Å². The molecule has 0 aromatic heterocycles. The quantitative estimate of drug-likeness (QED) is 0.584. The Balaban J connectivity index is 1.59. The van der Waals surface area contributed by atoms with Gasteiger partial charge in [0.15, 0.2) is 0 Å². The SMILES string of the molecule is CCCS(=O)(=O)N1C[C@@H](C(=O)N2CCN(c3cc(C)ccc3C)CC2)N(c2ccc(F)cc2F)C1=O. The number of hydrogen-bond donors (Lipinski definition) is 0. The molecule has 2 fully saturated rings. The molecule has 2 aliphatic heterocycles. The van der Waals surface area contributed by atoms with E-state index in [1.807, 2.05) is 26.0 Å². The maximum atomic E-state index is 14.7. The number of hydrogen-bond acceptors (Lipinski definition) is 5. The van der Waals surface area contributed by atoms with E-state index in [2.05, 4.69) is 11.0 Å². The molecule has 0 radical (unpaired) electrons. The highest BCUT2D eigenvalue weighted by Crippen LogP contribution is 2.31. The number of rotatable bonds is 6. The number of piperazine rings is 1. The molecule has 2 aromatic carbocycles. The number of sulfonamides is 1. The highest BCUT2D eigenvalue weighted by atomic mass is 32.2. The fourth-order valence-electron chi connectivity index (χ4n) is 4.75. The van der Waals surface area contributed by atoms with Gasteiger partial charge in [0.1, 0.15) is 17.7 Å². The number of urea groups is 1. The molecule has 2 saturated heterocycles. The zero-order valence-electron chi connectivity index (χ0n) is 20.6. The largest absolute Gasteiger partial charge is 0.368 e. The average Bonchev–Trinajstić information content (AvgIpc) is 3.18. The first-order valence-electron chi connectivity index (χ1n) is 11.9. The Bertz CT molecular complexity index is 1280. The van der Waals surface area contributed by atoms with Gasteiger partial charge in [-0.3, -0.25) is 9.69 Å². The van der Waals surface area contributed by atoms with Crippen LogP contribution in [0.1, 0.15) is 24.5 Å². The van der Waals surface area contributed by atoms with Crippen LogP contribution in [0.3, 0.4) is 0 Å². The van der Waals surface area contributed by atoms with E-state index in [4.69, 9.17) is 0 Å². The van der Waals surface area contributed by atoms with E-state index >= 15 is 0 Å². The van der Waals surface area contributed by atoms with Gasteiger partial charge in [0.25, 0.3) is 0 Å². The number of carbonyl (C=O) groups excluding carboxylic acids is 2. The van der Waals surface area contributed by atoms with E-state index in [-0.39, 0.29) is 17.9 Å². The molecule has 4 rings (SSSR count). The van der Waals surface area contributed by atoms with Crippen molar-refractivity contribution in [2.24, 2.45) is 0 Å². The Kier molecular flexibility index (Phi) is 7.21. The summed E-state index contributed by atoms with van der Waals surface area (Å²) in [4.78, 5) is 31.4. The molecule has 8 nitrogen and oxygen atoms in total. The first-order valence-corrected chi connectivity index (χ1v) is 13.5. The lowest BCUT2D eigenvalue weighted by atomic mass is 10.1. The van der Waals surface area contributed by atoms with Crippen LogP contribution in [0.4, 0.5) is 25.0 Å². The van der Waals surface area contributed by atoms with Crippen LogP contribution in [0, 0.1) is 25.5 Å². The van der Waals surface area contributed by atoms with Gasteiger partial charge < -0.3 is 9.80 Å². The summed E-state index contributed by atoms with van der Waals surface area (Å²) >= 11 is 0. The van der Waals surface area contributed by atoms with Crippen LogP contribution in [-0.4, -0.2) is 74.1 Å². The second kappa shape index (κ2) is 10.0. The van der Waals surface area contributed by atoms with E-state index < -0.39 is 46.2 Å². The van der Waals surface area contributed by atoms with Crippen LogP contribution in [0.25, 0.3) is 0 Å². The van der Waals surface area contributed by atoms with Gasteiger partial charge >= 0.3 is 6.03 Å². The minimum absolute atomic E-state index is 0.274. The fourth-order valence-corrected chi connectivity index (χ4v) is 6.18. The maximum Gasteiger partial charge on any atom is 0.339 e. The third kappa shape index (κ3) is 4.88. The summed E-state index contributed by atoms with van der Waals surface area (Å²) in [6.45, 7) is 7.11. The Labute approximate surface area is 210 Å². The lowest BCUT2D eigenvalue weighted by Crippen LogP contribution is -2.55. The highest BCUT2D eigenvalue weighted by Gasteiger charge is 2.49. The molecular formula is C25H30F2N4O4S. The molecule has 3 amide bonds. The van der Waals surface area contributed by atoms with Crippen LogP contribution >= 0.6 is 0 Å². The second-order valence-corrected chi connectivity index (χ2v) is 11.2. The lowest BCUT2D eigenvalue weighted by molar-refractivity contribution is -0.132. The van der Waals surface area contributed by atoms with Gasteiger partial charge in [-0.25, -0.2) is 26.3 Å². The Morgan fingerprint density at radius 1 is 1.00 bits per heavy atom. The summed E-state index contributed by atoms with van der Waals surface area (Å²) < 4.78 is 54.4. The van der Waals surface area contributed by atoms with Crippen molar-refractivity contribution in [3.63, 3.8) is 0 Å². The van der Waals surface area contributed by atoms with Crippen molar-refractivity contribution in [1.82, 2.24) is 9.21 Å². The van der Waals surface area contributed by atoms with E-state index in [1.165, 1.54) is 0 Å². The van der Waals surface area contributed by atoms with Gasteiger partial charge in [-0.05, 0) is 49.6 Å². The molecule has 194 valence electrons. The van der Waals surface area contributed by atoms with Crippen molar-refractivity contribution in [3.05, 3.63) is 59.2 Å². The van der Waals surface area contributed by atoms with Crippen LogP contribution < -0.4 is 9.80 Å². The van der Waals surface area contributed by atoms with Crippen LogP contribution in [-0.2, 0) is 14.8 Å². The zero-order chi connectivity index (χ0) is 26.2. The Hall–Kier alpha value is -3.21. The first kappa shape index (κ1) is 25.9. The van der Waals surface area contributed by atoms with Gasteiger partial charge in [0.05, 0.1) is 18.0 Å². The molecule has 2 aromatic rings. The van der Waals surface area contributed by atoms with E-state index in [0.717, 1.165) is 33.8 Å². The van der Waals surface area contributed by atoms with Gasteiger partial charge in [-0.15, -0.1) is 0 Å². The maximum absolute atomic E-state index is 14.7.